The standard InChI is InChI=1S/C25H35N5O2.HI/c1-5-23-22(24(6-2)30(3)29-23)18-28-25(27-16-14-21-8-7-17-32-21)26-15-13-19-9-11-20(31-4)12-10-19;/h7-12,17H,5-6,13-16,18H2,1-4H3,(H2,26,27,28);1H. The van der Waals surface area contributed by atoms with E-state index < -0.39 is 0 Å². The number of hydrogen-bond donors (Lipinski definition) is 2. The van der Waals surface area contributed by atoms with Crippen LogP contribution in [-0.4, -0.2) is 35.9 Å². The highest BCUT2D eigenvalue weighted by Gasteiger charge is 2.13. The highest BCUT2D eigenvalue weighted by Crippen LogP contribution is 2.16. The molecular weight excluding hydrogens is 529 g/mol. The van der Waals surface area contributed by atoms with Gasteiger partial charge in [-0.05, 0) is 49.1 Å². The molecule has 0 aliphatic heterocycles. The van der Waals surface area contributed by atoms with Crippen LogP contribution in [0.4, 0.5) is 0 Å². The van der Waals surface area contributed by atoms with Crippen molar-refractivity contribution < 1.29 is 9.15 Å². The molecular formula is C25H36IN5O2. The Hall–Kier alpha value is -2.49. The van der Waals surface area contributed by atoms with Crippen LogP contribution in [0.1, 0.15) is 42.1 Å². The van der Waals surface area contributed by atoms with Crippen molar-refractivity contribution in [2.75, 3.05) is 20.2 Å². The number of guanidine groups is 1. The van der Waals surface area contributed by atoms with E-state index >= 15 is 0 Å². The molecule has 3 rings (SSSR count). The van der Waals surface area contributed by atoms with Gasteiger partial charge in [0.15, 0.2) is 5.96 Å². The number of rotatable bonds is 11. The summed E-state index contributed by atoms with van der Waals surface area (Å²) in [5.41, 5.74) is 4.86. The van der Waals surface area contributed by atoms with Gasteiger partial charge in [-0.1, -0.05) is 26.0 Å². The number of aromatic nitrogens is 2. The fourth-order valence-corrected chi connectivity index (χ4v) is 3.78. The first-order chi connectivity index (χ1) is 15.6. The van der Waals surface area contributed by atoms with Crippen molar-refractivity contribution in [2.45, 2.75) is 46.1 Å². The van der Waals surface area contributed by atoms with Crippen molar-refractivity contribution in [3.63, 3.8) is 0 Å². The minimum absolute atomic E-state index is 0. The van der Waals surface area contributed by atoms with Gasteiger partial charge >= 0.3 is 0 Å². The number of methoxy groups -OCH3 is 1. The normalized spacial score (nSPS) is 11.2. The first-order valence-electron chi connectivity index (χ1n) is 11.4. The molecule has 33 heavy (non-hydrogen) atoms. The summed E-state index contributed by atoms with van der Waals surface area (Å²) in [6.07, 6.45) is 5.26. The lowest BCUT2D eigenvalue weighted by molar-refractivity contribution is 0.414. The van der Waals surface area contributed by atoms with Gasteiger partial charge < -0.3 is 19.8 Å². The van der Waals surface area contributed by atoms with E-state index in [0.717, 1.165) is 61.9 Å². The summed E-state index contributed by atoms with van der Waals surface area (Å²) in [5, 5.41) is 11.6. The van der Waals surface area contributed by atoms with Crippen LogP contribution >= 0.6 is 24.0 Å². The molecule has 0 aliphatic rings. The molecule has 0 saturated carbocycles. The van der Waals surface area contributed by atoms with E-state index in [9.17, 15) is 0 Å². The van der Waals surface area contributed by atoms with E-state index in [1.54, 1.807) is 13.4 Å². The van der Waals surface area contributed by atoms with Gasteiger partial charge in [-0.25, -0.2) is 4.99 Å². The van der Waals surface area contributed by atoms with E-state index in [4.69, 9.17) is 14.1 Å². The Balaban J connectivity index is 0.00000385. The molecule has 8 heteroatoms. The third-order valence-corrected chi connectivity index (χ3v) is 5.53. The summed E-state index contributed by atoms with van der Waals surface area (Å²) >= 11 is 0. The molecule has 2 N–H and O–H groups in total. The van der Waals surface area contributed by atoms with Crippen molar-refractivity contribution in [3.05, 3.63) is 70.9 Å². The van der Waals surface area contributed by atoms with Crippen molar-refractivity contribution in [1.29, 1.82) is 0 Å². The lowest BCUT2D eigenvalue weighted by Crippen LogP contribution is -2.39. The summed E-state index contributed by atoms with van der Waals surface area (Å²) in [6, 6.07) is 12.1. The lowest BCUT2D eigenvalue weighted by Gasteiger charge is -2.13. The van der Waals surface area contributed by atoms with Gasteiger partial charge in [0, 0.05) is 37.8 Å². The molecule has 0 amide bonds. The second kappa shape index (κ2) is 13.9. The quantitative estimate of drug-likeness (QED) is 0.206. The number of aryl methyl sites for hydroxylation is 2. The van der Waals surface area contributed by atoms with Gasteiger partial charge in [-0.3, -0.25) is 4.68 Å². The second-order valence-electron chi connectivity index (χ2n) is 7.65. The summed E-state index contributed by atoms with van der Waals surface area (Å²) < 4.78 is 12.7. The molecule has 0 fully saturated rings. The fraction of sp³-hybridized carbons (Fsp3) is 0.440. The number of furan rings is 1. The maximum Gasteiger partial charge on any atom is 0.191 e. The van der Waals surface area contributed by atoms with E-state index in [0.29, 0.717) is 6.54 Å². The fourth-order valence-electron chi connectivity index (χ4n) is 3.78. The first kappa shape index (κ1) is 26.8. The lowest BCUT2D eigenvalue weighted by atomic mass is 10.1. The van der Waals surface area contributed by atoms with Crippen LogP contribution in [0.25, 0.3) is 0 Å². The Kier molecular flexibility index (Phi) is 11.3. The maximum absolute atomic E-state index is 5.44. The minimum Gasteiger partial charge on any atom is -0.497 e. The number of hydrogen-bond acceptors (Lipinski definition) is 4. The largest absolute Gasteiger partial charge is 0.497 e. The number of nitrogens with one attached hydrogen (secondary N) is 2. The number of aliphatic imine (C=N–C) groups is 1. The third kappa shape index (κ3) is 7.80. The predicted octanol–water partition coefficient (Wildman–Crippen LogP) is 4.29. The van der Waals surface area contributed by atoms with Crippen LogP contribution < -0.4 is 15.4 Å². The Morgan fingerprint density at radius 3 is 2.39 bits per heavy atom. The molecule has 2 aromatic heterocycles. The molecule has 0 saturated heterocycles. The van der Waals surface area contributed by atoms with E-state index in [2.05, 4.69) is 41.7 Å². The summed E-state index contributed by atoms with van der Waals surface area (Å²) in [6.45, 7) is 6.45. The zero-order valence-corrected chi connectivity index (χ0v) is 22.4. The van der Waals surface area contributed by atoms with E-state index in [1.165, 1.54) is 16.8 Å². The topological polar surface area (TPSA) is 76.6 Å². The molecule has 0 atom stereocenters. The van der Waals surface area contributed by atoms with Gasteiger partial charge in [0.05, 0.1) is 25.6 Å². The maximum atomic E-state index is 5.44. The van der Waals surface area contributed by atoms with Gasteiger partial charge in [-0.15, -0.1) is 24.0 Å². The highest BCUT2D eigenvalue weighted by molar-refractivity contribution is 14.0. The number of benzene rings is 1. The van der Waals surface area contributed by atoms with Crippen molar-refractivity contribution in [3.8, 4) is 5.75 Å². The minimum atomic E-state index is 0. The molecule has 2 heterocycles. The molecule has 7 nitrogen and oxygen atoms in total. The molecule has 0 unspecified atom stereocenters. The average molecular weight is 566 g/mol. The first-order valence-corrected chi connectivity index (χ1v) is 11.4. The van der Waals surface area contributed by atoms with Crippen LogP contribution in [0.15, 0.2) is 52.1 Å². The van der Waals surface area contributed by atoms with Crippen molar-refractivity contribution in [1.82, 2.24) is 20.4 Å². The molecule has 0 aliphatic carbocycles. The van der Waals surface area contributed by atoms with Crippen LogP contribution in [-0.2, 0) is 39.3 Å². The molecule has 3 aromatic rings. The van der Waals surface area contributed by atoms with Crippen molar-refractivity contribution >= 4 is 29.9 Å². The molecule has 0 bridgehead atoms. The summed E-state index contributed by atoms with van der Waals surface area (Å²) in [4.78, 5) is 4.89. The van der Waals surface area contributed by atoms with E-state index in [1.807, 2.05) is 36.0 Å². The SMILES string of the molecule is CCc1nn(C)c(CC)c1CN=C(NCCc1ccc(OC)cc1)NCCc1ccco1.I. The molecule has 0 radical (unpaired) electrons. The van der Waals surface area contributed by atoms with Crippen LogP contribution in [0.3, 0.4) is 0 Å². The smallest absolute Gasteiger partial charge is 0.191 e. The Bertz CT molecular complexity index is 981. The Morgan fingerprint density at radius 1 is 1.06 bits per heavy atom. The number of nitrogens with zero attached hydrogens (tertiary/aromatic N) is 3. The summed E-state index contributed by atoms with van der Waals surface area (Å²) in [5.74, 6) is 2.64. The van der Waals surface area contributed by atoms with Crippen LogP contribution in [0, 0.1) is 0 Å². The third-order valence-electron chi connectivity index (χ3n) is 5.53. The second-order valence-corrected chi connectivity index (χ2v) is 7.65. The molecule has 0 spiro atoms. The monoisotopic (exact) mass is 565 g/mol. The molecule has 180 valence electrons. The zero-order valence-electron chi connectivity index (χ0n) is 20.1. The van der Waals surface area contributed by atoms with Crippen LogP contribution in [0.2, 0.25) is 0 Å². The van der Waals surface area contributed by atoms with Gasteiger partial charge in [-0.2, -0.15) is 5.10 Å². The van der Waals surface area contributed by atoms with Gasteiger partial charge in [0.1, 0.15) is 11.5 Å². The predicted molar refractivity (Wildman–Crippen MR) is 144 cm³/mol. The number of ether oxygens (including phenoxy) is 1. The van der Waals surface area contributed by atoms with Crippen molar-refractivity contribution in [2.24, 2.45) is 12.0 Å². The summed E-state index contributed by atoms with van der Waals surface area (Å²) in [7, 11) is 3.70. The van der Waals surface area contributed by atoms with Gasteiger partial charge in [0.2, 0.25) is 0 Å². The zero-order chi connectivity index (χ0) is 22.8. The van der Waals surface area contributed by atoms with E-state index in [-0.39, 0.29) is 24.0 Å². The van der Waals surface area contributed by atoms with Gasteiger partial charge in [0.25, 0.3) is 0 Å². The Morgan fingerprint density at radius 2 is 1.79 bits per heavy atom. The highest BCUT2D eigenvalue weighted by atomic mass is 127. The number of halogens is 1. The molecule has 1 aromatic carbocycles. The Labute approximate surface area is 214 Å². The van der Waals surface area contributed by atoms with Crippen LogP contribution in [0.5, 0.6) is 5.75 Å². The average Bonchev–Trinajstić information content (AvgIpc) is 3.44.